The van der Waals surface area contributed by atoms with Crippen molar-refractivity contribution in [1.29, 1.82) is 0 Å². The quantitative estimate of drug-likeness (QED) is 0.853. The average molecular weight is 317 g/mol. The lowest BCUT2D eigenvalue weighted by Crippen LogP contribution is -2.48. The van der Waals surface area contributed by atoms with E-state index < -0.39 is 0 Å². The van der Waals surface area contributed by atoms with Gasteiger partial charge in [0.25, 0.3) is 5.91 Å². The average Bonchev–Trinajstić information content (AvgIpc) is 3.03. The molecule has 0 radical (unpaired) electrons. The van der Waals surface area contributed by atoms with Gasteiger partial charge in [-0.2, -0.15) is 5.10 Å². The van der Waals surface area contributed by atoms with Crippen molar-refractivity contribution in [2.24, 2.45) is 7.05 Å². The molecule has 0 saturated carbocycles. The number of carbonyl (C=O) groups excluding carboxylic acids is 1. The molecular weight excluding hydrogens is 294 g/mol. The molecule has 1 fully saturated rings. The molecule has 3 rings (SSSR count). The normalized spacial score (nSPS) is 16.1. The third-order valence-electron chi connectivity index (χ3n) is 4.44. The minimum atomic E-state index is 0.0603. The summed E-state index contributed by atoms with van der Waals surface area (Å²) in [5.74, 6) is 0.941. The Morgan fingerprint density at radius 2 is 1.91 bits per heavy atom. The maximum Gasteiger partial charge on any atom is 0.272 e. The molecule has 3 heterocycles. The first-order valence-corrected chi connectivity index (χ1v) is 7.89. The SMILES string of the molecule is Cc1cc(C(=O)N2CCN(Cc3c(C)noc3C)CC2)n(C)n1. The van der Waals surface area contributed by atoms with Gasteiger partial charge in [-0.1, -0.05) is 5.16 Å². The lowest BCUT2D eigenvalue weighted by molar-refractivity contribution is 0.0617. The molecule has 7 nitrogen and oxygen atoms in total. The van der Waals surface area contributed by atoms with Crippen LogP contribution < -0.4 is 0 Å². The van der Waals surface area contributed by atoms with Crippen LogP contribution in [0.2, 0.25) is 0 Å². The lowest BCUT2D eigenvalue weighted by Gasteiger charge is -2.34. The first kappa shape index (κ1) is 15.7. The van der Waals surface area contributed by atoms with Crippen LogP contribution in [0.4, 0.5) is 0 Å². The van der Waals surface area contributed by atoms with Crippen molar-refractivity contribution in [3.8, 4) is 0 Å². The highest BCUT2D eigenvalue weighted by atomic mass is 16.5. The van der Waals surface area contributed by atoms with Crippen LogP contribution in [0.15, 0.2) is 10.6 Å². The van der Waals surface area contributed by atoms with Crippen LogP contribution in [0.25, 0.3) is 0 Å². The minimum Gasteiger partial charge on any atom is -0.361 e. The molecular formula is C16H23N5O2. The molecule has 1 saturated heterocycles. The monoisotopic (exact) mass is 317 g/mol. The van der Waals surface area contributed by atoms with E-state index in [0.29, 0.717) is 5.69 Å². The molecule has 2 aromatic rings. The van der Waals surface area contributed by atoms with Gasteiger partial charge in [0.05, 0.1) is 11.4 Å². The molecule has 0 bridgehead atoms. The standard InChI is InChI=1S/C16H23N5O2/c1-11-9-15(19(4)17-11)16(22)21-7-5-20(6-8-21)10-14-12(2)18-23-13(14)3/h9H,5-8,10H2,1-4H3. The van der Waals surface area contributed by atoms with Crippen molar-refractivity contribution in [2.75, 3.05) is 26.2 Å². The smallest absolute Gasteiger partial charge is 0.272 e. The fourth-order valence-corrected chi connectivity index (χ4v) is 3.03. The maximum absolute atomic E-state index is 12.6. The van der Waals surface area contributed by atoms with Gasteiger partial charge in [0, 0.05) is 45.3 Å². The van der Waals surface area contributed by atoms with Crippen LogP contribution >= 0.6 is 0 Å². The van der Waals surface area contributed by atoms with Gasteiger partial charge in [-0.3, -0.25) is 14.4 Å². The Labute approximate surface area is 135 Å². The molecule has 23 heavy (non-hydrogen) atoms. The second-order valence-corrected chi connectivity index (χ2v) is 6.17. The number of piperazine rings is 1. The van der Waals surface area contributed by atoms with Crippen molar-refractivity contribution in [2.45, 2.75) is 27.3 Å². The molecule has 0 spiro atoms. The van der Waals surface area contributed by atoms with Crippen LogP contribution in [0.1, 0.15) is 33.2 Å². The molecule has 1 aliphatic rings. The molecule has 1 amide bonds. The lowest BCUT2D eigenvalue weighted by atomic mass is 10.1. The summed E-state index contributed by atoms with van der Waals surface area (Å²) in [6.07, 6.45) is 0. The Morgan fingerprint density at radius 3 is 2.43 bits per heavy atom. The Morgan fingerprint density at radius 1 is 1.22 bits per heavy atom. The summed E-state index contributed by atoms with van der Waals surface area (Å²) in [5, 5.41) is 8.25. The van der Waals surface area contributed by atoms with Gasteiger partial charge in [-0.05, 0) is 26.8 Å². The predicted molar refractivity (Wildman–Crippen MR) is 85.1 cm³/mol. The number of nitrogens with zero attached hydrogens (tertiary/aromatic N) is 5. The van der Waals surface area contributed by atoms with E-state index in [9.17, 15) is 4.79 Å². The van der Waals surface area contributed by atoms with E-state index >= 15 is 0 Å². The summed E-state index contributed by atoms with van der Waals surface area (Å²) in [6, 6.07) is 1.85. The van der Waals surface area contributed by atoms with Gasteiger partial charge in [-0.15, -0.1) is 0 Å². The van der Waals surface area contributed by atoms with Crippen molar-refractivity contribution >= 4 is 5.91 Å². The molecule has 2 aromatic heterocycles. The van der Waals surface area contributed by atoms with E-state index in [0.717, 1.165) is 55.4 Å². The molecule has 0 N–H and O–H groups in total. The Bertz CT molecular complexity index is 691. The molecule has 1 aliphatic heterocycles. The number of hydrogen-bond acceptors (Lipinski definition) is 5. The molecule has 0 atom stereocenters. The second kappa shape index (κ2) is 6.16. The van der Waals surface area contributed by atoms with Gasteiger partial charge in [-0.25, -0.2) is 0 Å². The zero-order valence-electron chi connectivity index (χ0n) is 14.2. The maximum atomic E-state index is 12.6. The summed E-state index contributed by atoms with van der Waals surface area (Å²) in [4.78, 5) is 16.8. The molecule has 0 unspecified atom stereocenters. The minimum absolute atomic E-state index is 0.0603. The molecule has 0 aromatic carbocycles. The van der Waals surface area contributed by atoms with Crippen molar-refractivity contribution in [3.05, 3.63) is 34.5 Å². The van der Waals surface area contributed by atoms with E-state index in [1.54, 1.807) is 4.68 Å². The van der Waals surface area contributed by atoms with E-state index in [1.807, 2.05) is 38.8 Å². The van der Waals surface area contributed by atoms with Crippen LogP contribution in [0.5, 0.6) is 0 Å². The van der Waals surface area contributed by atoms with Crippen molar-refractivity contribution < 1.29 is 9.32 Å². The summed E-state index contributed by atoms with van der Waals surface area (Å²) in [6.45, 7) is 9.81. The molecule has 124 valence electrons. The third-order valence-corrected chi connectivity index (χ3v) is 4.44. The van der Waals surface area contributed by atoms with E-state index in [2.05, 4.69) is 15.2 Å². The first-order valence-electron chi connectivity index (χ1n) is 7.89. The van der Waals surface area contributed by atoms with Crippen LogP contribution in [0, 0.1) is 20.8 Å². The van der Waals surface area contributed by atoms with Crippen LogP contribution in [-0.4, -0.2) is 56.8 Å². The van der Waals surface area contributed by atoms with Gasteiger partial charge in [0.15, 0.2) is 0 Å². The zero-order valence-corrected chi connectivity index (χ0v) is 14.2. The molecule has 0 aliphatic carbocycles. The highest BCUT2D eigenvalue weighted by Crippen LogP contribution is 2.17. The predicted octanol–water partition coefficient (Wildman–Crippen LogP) is 1.29. The number of amides is 1. The summed E-state index contributed by atoms with van der Waals surface area (Å²) >= 11 is 0. The highest BCUT2D eigenvalue weighted by molar-refractivity contribution is 5.92. The van der Waals surface area contributed by atoms with Gasteiger partial charge < -0.3 is 9.42 Å². The Hall–Kier alpha value is -2.15. The summed E-state index contributed by atoms with van der Waals surface area (Å²) in [5.41, 5.74) is 3.63. The fourth-order valence-electron chi connectivity index (χ4n) is 3.03. The van der Waals surface area contributed by atoms with Crippen LogP contribution in [0.3, 0.4) is 0 Å². The van der Waals surface area contributed by atoms with Gasteiger partial charge in [0.1, 0.15) is 11.5 Å². The first-order chi connectivity index (χ1) is 11.0. The van der Waals surface area contributed by atoms with Gasteiger partial charge in [0.2, 0.25) is 0 Å². The summed E-state index contributed by atoms with van der Waals surface area (Å²) < 4.78 is 6.88. The Kier molecular flexibility index (Phi) is 4.21. The van der Waals surface area contributed by atoms with E-state index in [-0.39, 0.29) is 5.91 Å². The zero-order chi connectivity index (χ0) is 16.6. The number of rotatable bonds is 3. The largest absolute Gasteiger partial charge is 0.361 e. The number of carbonyl (C=O) groups is 1. The highest BCUT2D eigenvalue weighted by Gasteiger charge is 2.25. The topological polar surface area (TPSA) is 67.4 Å². The fraction of sp³-hybridized carbons (Fsp3) is 0.562. The summed E-state index contributed by atoms with van der Waals surface area (Å²) in [7, 11) is 1.81. The van der Waals surface area contributed by atoms with E-state index in [1.165, 1.54) is 0 Å². The number of hydrogen-bond donors (Lipinski definition) is 0. The van der Waals surface area contributed by atoms with Crippen molar-refractivity contribution in [1.82, 2.24) is 24.7 Å². The van der Waals surface area contributed by atoms with Crippen molar-refractivity contribution in [3.63, 3.8) is 0 Å². The second-order valence-electron chi connectivity index (χ2n) is 6.17. The Balaban J connectivity index is 1.60. The number of aromatic nitrogens is 3. The third kappa shape index (κ3) is 3.14. The van der Waals surface area contributed by atoms with E-state index in [4.69, 9.17) is 4.52 Å². The van der Waals surface area contributed by atoms with Crippen LogP contribution in [-0.2, 0) is 13.6 Å². The number of aryl methyl sites for hydroxylation is 4. The van der Waals surface area contributed by atoms with Gasteiger partial charge >= 0.3 is 0 Å². The molecule has 7 heteroatoms.